The van der Waals surface area contributed by atoms with Gasteiger partial charge in [-0.25, -0.2) is 0 Å². The Bertz CT molecular complexity index is 1910. The summed E-state index contributed by atoms with van der Waals surface area (Å²) in [5, 5.41) is 13.5. The second-order valence-corrected chi connectivity index (χ2v) is 18.9. The van der Waals surface area contributed by atoms with E-state index in [1.54, 1.807) is 0 Å². The molecular formula is C39H47IrN2O3Si-. The topological polar surface area (TPSA) is 76.2 Å². The first-order valence-electron chi connectivity index (χ1n) is 16.5. The molecule has 1 N–H and O–H groups in total. The molecule has 0 saturated heterocycles. The first-order chi connectivity index (χ1) is 21.4. The Labute approximate surface area is 288 Å². The molecule has 1 aliphatic carbocycles. The van der Waals surface area contributed by atoms with Crippen molar-refractivity contribution < 1.29 is 34.4 Å². The number of aliphatic hydroxyl groups excluding tert-OH is 1. The van der Waals surface area contributed by atoms with Gasteiger partial charge in [-0.2, -0.15) is 0 Å². The molecular weight excluding hydrogens is 765 g/mol. The van der Waals surface area contributed by atoms with Gasteiger partial charge in [0.25, 0.3) is 0 Å². The van der Waals surface area contributed by atoms with Crippen LogP contribution in [0, 0.1) is 17.9 Å². The Morgan fingerprint density at radius 3 is 2.11 bits per heavy atom. The third-order valence-corrected chi connectivity index (χ3v) is 11.6. The second-order valence-electron chi connectivity index (χ2n) is 13.8. The molecule has 7 heteroatoms. The van der Waals surface area contributed by atoms with Gasteiger partial charge >= 0.3 is 0 Å². The Balaban J connectivity index is 0.000000259. The first kappa shape index (κ1) is 35.7. The normalized spacial score (nSPS) is 13.9. The molecule has 46 heavy (non-hydrogen) atoms. The predicted octanol–water partition coefficient (Wildman–Crippen LogP) is 10.0. The Kier molecular flexibility index (Phi) is 10.8. The van der Waals surface area contributed by atoms with Crippen LogP contribution < -0.4 is 5.19 Å². The van der Waals surface area contributed by atoms with Gasteiger partial charge in [-0.15, -0.1) is 17.7 Å². The maximum atomic E-state index is 11.7. The molecule has 3 aromatic carbocycles. The number of para-hydroxylation sites is 2. The summed E-state index contributed by atoms with van der Waals surface area (Å²) in [6.45, 7) is 19.7. The van der Waals surface area contributed by atoms with Crippen LogP contribution in [0.1, 0.15) is 78.5 Å². The number of nitrogens with zero attached hydrogens (tertiary/aromatic N) is 2. The molecule has 2 heterocycles. The fourth-order valence-electron chi connectivity index (χ4n) is 6.67. The first-order valence-corrected chi connectivity index (χ1v) is 20.0. The Hall–Kier alpha value is -3.12. The van der Waals surface area contributed by atoms with E-state index in [4.69, 9.17) is 14.4 Å². The van der Waals surface area contributed by atoms with Crippen LogP contribution in [0.15, 0.2) is 64.8 Å². The second kappa shape index (κ2) is 13.9. The van der Waals surface area contributed by atoms with E-state index < -0.39 is 8.07 Å². The minimum absolute atomic E-state index is 0. The molecule has 245 valence electrons. The Morgan fingerprint density at radius 1 is 0.913 bits per heavy atom. The Morgan fingerprint density at radius 2 is 1.52 bits per heavy atom. The molecule has 1 aliphatic rings. The van der Waals surface area contributed by atoms with Crippen LogP contribution in [0.25, 0.3) is 44.2 Å². The molecule has 6 rings (SSSR count). The van der Waals surface area contributed by atoms with E-state index >= 15 is 0 Å². The number of aliphatic hydroxyl groups is 1. The van der Waals surface area contributed by atoms with E-state index in [-0.39, 0.29) is 48.9 Å². The molecule has 0 atom stereocenters. The standard InChI is InChI=1S/C26H23N2OSi.C13H24O2.Ir/c1-26(2)16-13-14-20(30(3,4)5)24-22(16)21-15(9-8-12-19(21)29-24)23-25(26)28-18-11-7-6-10-17(18)27-23;1-5-10(6-2)12(14)9-13(15)11(7-3)8-4;/h6-8,10-14H,1-5H3;9-11,14H,5-8H2,1-4H3;/q-1;;/b;12-9-;. The van der Waals surface area contributed by atoms with E-state index in [0.717, 1.165) is 70.2 Å². The molecule has 0 amide bonds. The van der Waals surface area contributed by atoms with Crippen molar-refractivity contribution in [3.05, 3.63) is 77.7 Å². The molecule has 5 aromatic rings. The van der Waals surface area contributed by atoms with Gasteiger partial charge in [-0.1, -0.05) is 96.9 Å². The fraction of sp³-hybridized carbons (Fsp3) is 0.410. The smallest absolute Gasteiger partial charge is 0.162 e. The van der Waals surface area contributed by atoms with Gasteiger partial charge in [0.15, 0.2) is 5.78 Å². The van der Waals surface area contributed by atoms with Crippen molar-refractivity contribution in [3.63, 3.8) is 0 Å². The van der Waals surface area contributed by atoms with Gasteiger partial charge in [0, 0.05) is 54.8 Å². The van der Waals surface area contributed by atoms with E-state index in [1.165, 1.54) is 22.2 Å². The monoisotopic (exact) mass is 812 g/mol. The van der Waals surface area contributed by atoms with Crippen LogP contribution in [0.3, 0.4) is 0 Å². The fourth-order valence-corrected chi connectivity index (χ4v) is 8.12. The zero-order valence-electron chi connectivity index (χ0n) is 28.7. The summed E-state index contributed by atoms with van der Waals surface area (Å²) in [6, 6.07) is 20.2. The van der Waals surface area contributed by atoms with Crippen LogP contribution in [0.2, 0.25) is 19.6 Å². The number of aromatic nitrogens is 2. The molecule has 0 unspecified atom stereocenters. The number of hydrogen-bond donors (Lipinski definition) is 1. The number of fused-ring (bicyclic) bond motifs is 3. The maximum absolute atomic E-state index is 11.7. The van der Waals surface area contributed by atoms with Crippen LogP contribution >= 0.6 is 0 Å². The summed E-state index contributed by atoms with van der Waals surface area (Å²) in [5.41, 5.74) is 7.63. The van der Waals surface area contributed by atoms with E-state index in [1.807, 2.05) is 64.1 Å². The molecule has 0 fully saturated rings. The zero-order chi connectivity index (χ0) is 32.7. The molecule has 0 aliphatic heterocycles. The van der Waals surface area contributed by atoms with Crippen LogP contribution in [-0.2, 0) is 30.3 Å². The van der Waals surface area contributed by atoms with Gasteiger partial charge in [0.2, 0.25) is 0 Å². The summed E-state index contributed by atoms with van der Waals surface area (Å²) < 4.78 is 6.53. The van der Waals surface area contributed by atoms with Gasteiger partial charge < -0.3 is 9.52 Å². The summed E-state index contributed by atoms with van der Waals surface area (Å²) in [5.74, 6) is 0.547. The van der Waals surface area contributed by atoms with Crippen molar-refractivity contribution in [2.45, 2.75) is 92.3 Å². The third-order valence-electron chi connectivity index (χ3n) is 9.54. The van der Waals surface area contributed by atoms with Crippen molar-refractivity contribution >= 4 is 52.0 Å². The van der Waals surface area contributed by atoms with Crippen molar-refractivity contribution in [1.82, 2.24) is 9.97 Å². The maximum Gasteiger partial charge on any atom is 0.162 e. The molecule has 0 bridgehead atoms. The van der Waals surface area contributed by atoms with Gasteiger partial charge in [0.1, 0.15) is 5.58 Å². The minimum atomic E-state index is -1.59. The molecule has 2 aromatic heterocycles. The van der Waals surface area contributed by atoms with Crippen LogP contribution in [0.4, 0.5) is 0 Å². The van der Waals surface area contributed by atoms with Gasteiger partial charge in [-0.05, 0) is 54.0 Å². The van der Waals surface area contributed by atoms with Crippen molar-refractivity contribution in [2.24, 2.45) is 11.8 Å². The summed E-state index contributed by atoms with van der Waals surface area (Å²) in [7, 11) is -1.59. The minimum Gasteiger partial charge on any atom is -0.512 e. The van der Waals surface area contributed by atoms with E-state index in [9.17, 15) is 9.90 Å². The average Bonchev–Trinajstić information content (AvgIpc) is 3.37. The molecule has 0 spiro atoms. The number of ketones is 1. The van der Waals surface area contributed by atoms with Crippen molar-refractivity contribution in [3.8, 4) is 11.3 Å². The zero-order valence-corrected chi connectivity index (χ0v) is 32.1. The van der Waals surface area contributed by atoms with Crippen LogP contribution in [0.5, 0.6) is 0 Å². The number of rotatable bonds is 8. The summed E-state index contributed by atoms with van der Waals surface area (Å²) >= 11 is 0. The predicted molar refractivity (Wildman–Crippen MR) is 190 cm³/mol. The number of carbonyl (C=O) groups excluding carboxylic acids is 1. The van der Waals surface area contributed by atoms with Crippen LogP contribution in [-0.4, -0.2) is 28.9 Å². The number of carbonyl (C=O) groups is 1. The van der Waals surface area contributed by atoms with Crippen molar-refractivity contribution in [1.29, 1.82) is 0 Å². The third kappa shape index (κ3) is 6.39. The number of furan rings is 1. The summed E-state index contributed by atoms with van der Waals surface area (Å²) in [6.07, 6.45) is 4.91. The van der Waals surface area contributed by atoms with E-state index in [0.29, 0.717) is 0 Å². The number of hydrogen-bond acceptors (Lipinski definition) is 5. The number of benzene rings is 3. The van der Waals surface area contributed by atoms with E-state index in [2.05, 4.69) is 51.7 Å². The summed E-state index contributed by atoms with van der Waals surface area (Å²) in [4.78, 5) is 21.9. The average molecular weight is 812 g/mol. The van der Waals surface area contributed by atoms with Gasteiger partial charge in [-0.3, -0.25) is 14.8 Å². The SMILES string of the molecule is CC1(C)c2nc3ccccc3nc2-c2[c-]ccc3oc4c([Si](C)(C)C)ccc1c4c23.CCC(CC)C(=O)/C=C(\O)C(CC)CC.[Ir]. The molecule has 5 nitrogen and oxygen atoms in total. The number of allylic oxidation sites excluding steroid dienone is 2. The molecule has 1 radical (unpaired) electrons. The quantitative estimate of drug-likeness (QED) is 0.0731. The largest absolute Gasteiger partial charge is 0.512 e. The molecule has 0 saturated carbocycles. The van der Waals surface area contributed by atoms with Gasteiger partial charge in [0.05, 0.1) is 30.4 Å². The van der Waals surface area contributed by atoms with Crippen molar-refractivity contribution in [2.75, 3.05) is 0 Å².